The van der Waals surface area contributed by atoms with Crippen LogP contribution in [0.15, 0.2) is 24.3 Å². The van der Waals surface area contributed by atoms with Gasteiger partial charge >= 0.3 is 0 Å². The Morgan fingerprint density at radius 3 is 2.91 bits per heavy atom. The zero-order chi connectivity index (χ0) is 15.9. The lowest BCUT2D eigenvalue weighted by Crippen LogP contribution is -2.34. The number of hydrogen-bond donors (Lipinski definition) is 2. The Kier molecular flexibility index (Phi) is 5.95. The second-order valence-electron chi connectivity index (χ2n) is 5.58. The van der Waals surface area contributed by atoms with E-state index in [9.17, 15) is 14.3 Å². The van der Waals surface area contributed by atoms with Crippen LogP contribution in [0, 0.1) is 11.7 Å². The van der Waals surface area contributed by atoms with Gasteiger partial charge in [-0.2, -0.15) is 0 Å². The number of halogens is 1. The largest absolute Gasteiger partial charge is 0.494 e. The van der Waals surface area contributed by atoms with Crippen LogP contribution in [0.4, 0.5) is 4.39 Å². The molecule has 0 heterocycles. The third kappa shape index (κ3) is 4.56. The number of nitrogens with one attached hydrogen (secondary N) is 1. The zero-order valence-electron chi connectivity index (χ0n) is 12.7. The molecule has 2 rings (SSSR count). The third-order valence-corrected chi connectivity index (χ3v) is 4.03. The highest BCUT2D eigenvalue weighted by atomic mass is 19.1. The number of methoxy groups -OCH3 is 1. The molecule has 1 amide bonds. The van der Waals surface area contributed by atoms with E-state index in [4.69, 9.17) is 4.74 Å². The molecule has 0 aromatic heterocycles. The van der Waals surface area contributed by atoms with Gasteiger partial charge in [0, 0.05) is 12.6 Å². The van der Waals surface area contributed by atoms with Gasteiger partial charge in [0.2, 0.25) is 5.91 Å². The van der Waals surface area contributed by atoms with E-state index in [1.165, 1.54) is 25.3 Å². The van der Waals surface area contributed by atoms with Crippen molar-refractivity contribution < 1.29 is 19.0 Å². The van der Waals surface area contributed by atoms with E-state index in [1.807, 2.05) is 0 Å². The molecule has 22 heavy (non-hydrogen) atoms. The normalized spacial score (nSPS) is 16.9. The molecule has 1 unspecified atom stereocenters. The molecule has 1 aromatic carbocycles. The standard InChI is InChI=1S/C17H22FNO3/c1-22-16-10-12(6-8-14(16)18)7-9-17(21)19-11-15(20)13-4-2-3-5-13/h6-10,13,15,20H,2-5,11H2,1H3,(H,19,21)/b9-7+. The fourth-order valence-electron chi connectivity index (χ4n) is 2.72. The Morgan fingerprint density at radius 1 is 1.50 bits per heavy atom. The number of hydrogen-bond acceptors (Lipinski definition) is 3. The molecule has 1 aliphatic rings. The first kappa shape index (κ1) is 16.5. The van der Waals surface area contributed by atoms with E-state index in [0.29, 0.717) is 11.5 Å². The summed E-state index contributed by atoms with van der Waals surface area (Å²) in [5.41, 5.74) is 0.671. The maximum absolute atomic E-state index is 13.3. The van der Waals surface area contributed by atoms with Gasteiger partial charge in [0.05, 0.1) is 13.2 Å². The van der Waals surface area contributed by atoms with E-state index in [-0.39, 0.29) is 18.2 Å². The smallest absolute Gasteiger partial charge is 0.244 e. The predicted molar refractivity (Wildman–Crippen MR) is 83.0 cm³/mol. The number of carbonyl (C=O) groups excluding carboxylic acids is 1. The lowest BCUT2D eigenvalue weighted by Gasteiger charge is -2.17. The molecular formula is C17H22FNO3. The van der Waals surface area contributed by atoms with E-state index < -0.39 is 11.9 Å². The zero-order valence-corrected chi connectivity index (χ0v) is 12.7. The topological polar surface area (TPSA) is 58.6 Å². The molecule has 0 saturated heterocycles. The average Bonchev–Trinajstić information content (AvgIpc) is 3.06. The van der Waals surface area contributed by atoms with Crippen LogP contribution in [-0.2, 0) is 4.79 Å². The fourth-order valence-corrected chi connectivity index (χ4v) is 2.72. The number of ether oxygens (including phenoxy) is 1. The van der Waals surface area contributed by atoms with Gasteiger partial charge in [-0.3, -0.25) is 4.79 Å². The summed E-state index contributed by atoms with van der Waals surface area (Å²) in [5, 5.41) is 12.7. The molecule has 5 heteroatoms. The van der Waals surface area contributed by atoms with Crippen molar-refractivity contribution >= 4 is 12.0 Å². The molecule has 120 valence electrons. The Hall–Kier alpha value is -1.88. The van der Waals surface area contributed by atoms with Crippen molar-refractivity contribution in [3.05, 3.63) is 35.7 Å². The van der Waals surface area contributed by atoms with E-state index >= 15 is 0 Å². The minimum absolute atomic E-state index is 0.138. The van der Waals surface area contributed by atoms with Gasteiger partial charge in [0.25, 0.3) is 0 Å². The van der Waals surface area contributed by atoms with Crippen molar-refractivity contribution in [3.8, 4) is 5.75 Å². The van der Waals surface area contributed by atoms with Gasteiger partial charge in [-0.15, -0.1) is 0 Å². The molecule has 0 aliphatic heterocycles. The summed E-state index contributed by atoms with van der Waals surface area (Å²) in [7, 11) is 1.39. The van der Waals surface area contributed by atoms with Gasteiger partial charge in [-0.1, -0.05) is 18.9 Å². The first-order valence-electron chi connectivity index (χ1n) is 7.57. The highest BCUT2D eigenvalue weighted by Crippen LogP contribution is 2.27. The lowest BCUT2D eigenvalue weighted by molar-refractivity contribution is -0.117. The fraction of sp³-hybridized carbons (Fsp3) is 0.471. The maximum atomic E-state index is 13.3. The summed E-state index contributed by atoms with van der Waals surface area (Å²) in [6.45, 7) is 0.264. The SMILES string of the molecule is COc1cc(/C=C/C(=O)NCC(O)C2CCCC2)ccc1F. The molecule has 0 radical (unpaired) electrons. The lowest BCUT2D eigenvalue weighted by atomic mass is 10.0. The van der Waals surface area contributed by atoms with Crippen molar-refractivity contribution in [1.82, 2.24) is 5.32 Å². The average molecular weight is 307 g/mol. The molecule has 1 aromatic rings. The summed E-state index contributed by atoms with van der Waals surface area (Å²) in [6.07, 6.45) is 6.84. The molecule has 1 aliphatic carbocycles. The van der Waals surface area contributed by atoms with Gasteiger partial charge in [-0.05, 0) is 42.5 Å². The van der Waals surface area contributed by atoms with Crippen molar-refractivity contribution in [2.45, 2.75) is 31.8 Å². The number of benzene rings is 1. The summed E-state index contributed by atoms with van der Waals surface area (Å²) < 4.78 is 18.2. The number of aliphatic hydroxyl groups excluding tert-OH is 1. The van der Waals surface area contributed by atoms with E-state index in [1.54, 1.807) is 12.1 Å². The van der Waals surface area contributed by atoms with Crippen LogP contribution in [-0.4, -0.2) is 30.8 Å². The Bertz CT molecular complexity index is 539. The Labute approximate surface area is 130 Å². The predicted octanol–water partition coefficient (Wildman–Crippen LogP) is 2.51. The molecule has 1 fully saturated rings. The van der Waals surface area contributed by atoms with Crippen LogP contribution in [0.2, 0.25) is 0 Å². The quantitative estimate of drug-likeness (QED) is 0.794. The Balaban J connectivity index is 1.83. The summed E-state index contributed by atoms with van der Waals surface area (Å²) in [6, 6.07) is 4.38. The van der Waals surface area contributed by atoms with E-state index in [0.717, 1.165) is 25.7 Å². The number of aliphatic hydroxyl groups is 1. The van der Waals surface area contributed by atoms with Gasteiger partial charge in [0.15, 0.2) is 11.6 Å². The number of rotatable bonds is 6. The van der Waals surface area contributed by atoms with Crippen LogP contribution < -0.4 is 10.1 Å². The molecule has 1 atom stereocenters. The molecule has 0 bridgehead atoms. The number of amides is 1. The first-order valence-corrected chi connectivity index (χ1v) is 7.57. The van der Waals surface area contributed by atoms with Crippen molar-refractivity contribution in [1.29, 1.82) is 0 Å². The monoisotopic (exact) mass is 307 g/mol. The van der Waals surface area contributed by atoms with Gasteiger partial charge in [0.1, 0.15) is 0 Å². The minimum atomic E-state index is -0.481. The molecule has 1 saturated carbocycles. The second-order valence-corrected chi connectivity index (χ2v) is 5.58. The van der Waals surface area contributed by atoms with E-state index in [2.05, 4.69) is 5.32 Å². The van der Waals surface area contributed by atoms with Crippen LogP contribution in [0.5, 0.6) is 5.75 Å². The highest BCUT2D eigenvalue weighted by molar-refractivity contribution is 5.91. The summed E-state index contributed by atoms with van der Waals surface area (Å²) in [4.78, 5) is 11.7. The number of carbonyl (C=O) groups is 1. The van der Waals surface area contributed by atoms with Crippen LogP contribution in [0.1, 0.15) is 31.2 Å². The van der Waals surface area contributed by atoms with Gasteiger partial charge in [-0.25, -0.2) is 4.39 Å². The van der Waals surface area contributed by atoms with Crippen LogP contribution in [0.25, 0.3) is 6.08 Å². The Morgan fingerprint density at radius 2 is 2.23 bits per heavy atom. The molecular weight excluding hydrogens is 285 g/mol. The highest BCUT2D eigenvalue weighted by Gasteiger charge is 2.22. The summed E-state index contributed by atoms with van der Waals surface area (Å²) >= 11 is 0. The molecule has 0 spiro atoms. The second kappa shape index (κ2) is 7.94. The van der Waals surface area contributed by atoms with Crippen LogP contribution in [0.3, 0.4) is 0 Å². The minimum Gasteiger partial charge on any atom is -0.494 e. The van der Waals surface area contributed by atoms with Crippen molar-refractivity contribution in [2.75, 3.05) is 13.7 Å². The molecule has 4 nitrogen and oxygen atoms in total. The first-order chi connectivity index (χ1) is 10.6. The van der Waals surface area contributed by atoms with Crippen LogP contribution >= 0.6 is 0 Å². The maximum Gasteiger partial charge on any atom is 0.244 e. The van der Waals surface area contributed by atoms with Gasteiger partial charge < -0.3 is 15.2 Å². The summed E-state index contributed by atoms with van der Waals surface area (Å²) in [5.74, 6) is -0.283. The van der Waals surface area contributed by atoms with Crippen molar-refractivity contribution in [2.24, 2.45) is 5.92 Å². The molecule has 2 N–H and O–H groups in total. The third-order valence-electron chi connectivity index (χ3n) is 4.03. The van der Waals surface area contributed by atoms with Crippen molar-refractivity contribution in [3.63, 3.8) is 0 Å².